The van der Waals surface area contributed by atoms with Gasteiger partial charge in [-0.2, -0.15) is 8.42 Å². The highest BCUT2D eigenvalue weighted by Crippen LogP contribution is 2.26. The smallest absolute Gasteiger partial charge is 0.299 e. The van der Waals surface area contributed by atoms with Crippen LogP contribution >= 0.6 is 0 Å². The molecule has 0 heterocycles. The first-order valence-corrected chi connectivity index (χ1v) is 7.28. The second-order valence-electron chi connectivity index (χ2n) is 4.35. The molecule has 1 aliphatic carbocycles. The molecule has 1 aromatic rings. The zero-order valence-electron chi connectivity index (χ0n) is 9.63. The molecule has 2 rings (SSSR count). The van der Waals surface area contributed by atoms with Crippen molar-refractivity contribution < 1.29 is 12.6 Å². The minimum atomic E-state index is -3.72. The third-order valence-corrected chi connectivity index (χ3v) is 4.44. The van der Waals surface area contributed by atoms with E-state index >= 15 is 0 Å². The van der Waals surface area contributed by atoms with Crippen molar-refractivity contribution in [1.82, 2.24) is 0 Å². The molecule has 0 unspecified atom stereocenters. The molecule has 17 heavy (non-hydrogen) atoms. The zero-order valence-corrected chi connectivity index (χ0v) is 10.4. The summed E-state index contributed by atoms with van der Waals surface area (Å²) in [6, 6.07) is 6.40. The fraction of sp³-hybridized carbons (Fsp3) is 0.500. The molecule has 0 aromatic heterocycles. The number of anilines is 1. The minimum absolute atomic E-state index is 0.0746. The van der Waals surface area contributed by atoms with E-state index < -0.39 is 10.1 Å². The zero-order chi connectivity index (χ0) is 12.3. The van der Waals surface area contributed by atoms with Crippen LogP contribution in [0.3, 0.4) is 0 Å². The second-order valence-corrected chi connectivity index (χ2v) is 5.89. The lowest BCUT2D eigenvalue weighted by Gasteiger charge is -2.21. The van der Waals surface area contributed by atoms with Crippen LogP contribution in [0.15, 0.2) is 29.2 Å². The first-order chi connectivity index (χ1) is 8.09. The van der Waals surface area contributed by atoms with Gasteiger partial charge >= 0.3 is 0 Å². The Labute approximate surface area is 102 Å². The van der Waals surface area contributed by atoms with Crippen molar-refractivity contribution in [1.29, 1.82) is 0 Å². The van der Waals surface area contributed by atoms with E-state index in [4.69, 9.17) is 9.92 Å². The van der Waals surface area contributed by atoms with Crippen molar-refractivity contribution in [3.63, 3.8) is 0 Å². The second kappa shape index (κ2) is 5.06. The maximum atomic E-state index is 12.0. The van der Waals surface area contributed by atoms with Crippen molar-refractivity contribution in [3.8, 4) is 0 Å². The highest BCUT2D eigenvalue weighted by Gasteiger charge is 2.24. The van der Waals surface area contributed by atoms with Gasteiger partial charge in [0.1, 0.15) is 4.90 Å². The number of nitrogen functional groups attached to an aromatic ring is 1. The molecule has 0 amide bonds. The van der Waals surface area contributed by atoms with Gasteiger partial charge in [0.2, 0.25) is 0 Å². The van der Waals surface area contributed by atoms with Crippen molar-refractivity contribution >= 4 is 15.8 Å². The highest BCUT2D eigenvalue weighted by molar-refractivity contribution is 7.87. The molecule has 0 saturated heterocycles. The largest absolute Gasteiger partial charge is 0.398 e. The van der Waals surface area contributed by atoms with Crippen molar-refractivity contribution in [2.45, 2.75) is 43.1 Å². The normalized spacial score (nSPS) is 18.1. The molecule has 1 aliphatic rings. The van der Waals surface area contributed by atoms with E-state index in [0.29, 0.717) is 0 Å². The molecule has 5 heteroatoms. The van der Waals surface area contributed by atoms with Crippen molar-refractivity contribution in [2.75, 3.05) is 5.73 Å². The van der Waals surface area contributed by atoms with E-state index in [2.05, 4.69) is 0 Å². The predicted octanol–water partition coefficient (Wildman–Crippen LogP) is 2.31. The average molecular weight is 255 g/mol. The summed E-state index contributed by atoms with van der Waals surface area (Å²) in [5, 5.41) is 0. The Balaban J connectivity index is 2.16. The van der Waals surface area contributed by atoms with Gasteiger partial charge in [-0.25, -0.2) is 0 Å². The van der Waals surface area contributed by atoms with Crippen molar-refractivity contribution in [3.05, 3.63) is 24.3 Å². The molecule has 1 aromatic carbocycles. The van der Waals surface area contributed by atoms with Gasteiger partial charge in [0.15, 0.2) is 0 Å². The van der Waals surface area contributed by atoms with Gasteiger partial charge in [-0.15, -0.1) is 0 Å². The minimum Gasteiger partial charge on any atom is -0.398 e. The first kappa shape index (κ1) is 12.4. The Morgan fingerprint density at radius 2 is 1.76 bits per heavy atom. The summed E-state index contributed by atoms with van der Waals surface area (Å²) in [7, 11) is -3.72. The number of rotatable bonds is 3. The van der Waals surface area contributed by atoms with Gasteiger partial charge in [-0.05, 0) is 25.0 Å². The molecule has 2 N–H and O–H groups in total. The van der Waals surface area contributed by atoms with Crippen LogP contribution < -0.4 is 5.73 Å². The van der Waals surface area contributed by atoms with Crippen LogP contribution in [0.2, 0.25) is 0 Å². The van der Waals surface area contributed by atoms with Gasteiger partial charge in [0.25, 0.3) is 10.1 Å². The molecule has 0 atom stereocenters. The molecule has 0 spiro atoms. The number of benzene rings is 1. The monoisotopic (exact) mass is 255 g/mol. The lowest BCUT2D eigenvalue weighted by Crippen LogP contribution is -2.21. The maximum Gasteiger partial charge on any atom is 0.299 e. The van der Waals surface area contributed by atoms with Crippen LogP contribution in [-0.4, -0.2) is 14.5 Å². The number of nitrogens with two attached hydrogens (primary N) is 1. The first-order valence-electron chi connectivity index (χ1n) is 5.87. The standard InChI is InChI=1S/C12H17NO3S/c13-11-8-4-5-9-12(11)17(14,15)16-10-6-2-1-3-7-10/h4-5,8-10H,1-3,6-7,13H2. The number of para-hydroxylation sites is 1. The van der Waals surface area contributed by atoms with Crippen LogP contribution in [0, 0.1) is 0 Å². The van der Waals surface area contributed by atoms with E-state index in [1.807, 2.05) is 0 Å². The fourth-order valence-electron chi connectivity index (χ4n) is 2.10. The van der Waals surface area contributed by atoms with E-state index in [1.165, 1.54) is 6.07 Å². The van der Waals surface area contributed by atoms with Crippen LogP contribution in [0.5, 0.6) is 0 Å². The van der Waals surface area contributed by atoms with E-state index in [-0.39, 0.29) is 16.7 Å². The van der Waals surface area contributed by atoms with E-state index in [0.717, 1.165) is 32.1 Å². The molecule has 0 aliphatic heterocycles. The third kappa shape index (κ3) is 2.98. The summed E-state index contributed by atoms with van der Waals surface area (Å²) in [4.78, 5) is 0.0746. The quantitative estimate of drug-likeness (QED) is 0.664. The fourth-order valence-corrected chi connectivity index (χ4v) is 3.36. The lowest BCUT2D eigenvalue weighted by atomic mass is 9.98. The lowest BCUT2D eigenvalue weighted by molar-refractivity contribution is 0.162. The number of hydrogen-bond donors (Lipinski definition) is 1. The van der Waals surface area contributed by atoms with Crippen LogP contribution in [0.25, 0.3) is 0 Å². The summed E-state index contributed by atoms with van der Waals surface area (Å²) in [5.41, 5.74) is 5.89. The Kier molecular flexibility index (Phi) is 3.69. The predicted molar refractivity (Wildman–Crippen MR) is 66.0 cm³/mol. The molecule has 0 radical (unpaired) electrons. The van der Waals surface area contributed by atoms with E-state index in [1.54, 1.807) is 18.2 Å². The molecule has 1 fully saturated rings. The Morgan fingerprint density at radius 1 is 1.12 bits per heavy atom. The number of hydrogen-bond acceptors (Lipinski definition) is 4. The SMILES string of the molecule is Nc1ccccc1S(=O)(=O)OC1CCCCC1. The molecule has 4 nitrogen and oxygen atoms in total. The van der Waals surface area contributed by atoms with Gasteiger partial charge in [0.05, 0.1) is 11.8 Å². The van der Waals surface area contributed by atoms with Gasteiger partial charge < -0.3 is 5.73 Å². The maximum absolute atomic E-state index is 12.0. The van der Waals surface area contributed by atoms with Gasteiger partial charge in [-0.3, -0.25) is 4.18 Å². The topological polar surface area (TPSA) is 69.4 Å². The Morgan fingerprint density at radius 3 is 2.41 bits per heavy atom. The summed E-state index contributed by atoms with van der Waals surface area (Å²) >= 11 is 0. The van der Waals surface area contributed by atoms with Crippen LogP contribution in [0.1, 0.15) is 32.1 Å². The Hall–Kier alpha value is -1.07. The van der Waals surface area contributed by atoms with E-state index in [9.17, 15) is 8.42 Å². The highest BCUT2D eigenvalue weighted by atomic mass is 32.2. The molecule has 94 valence electrons. The molecular weight excluding hydrogens is 238 g/mol. The molecule has 0 bridgehead atoms. The van der Waals surface area contributed by atoms with Crippen molar-refractivity contribution in [2.24, 2.45) is 0 Å². The third-order valence-electron chi connectivity index (χ3n) is 3.00. The summed E-state index contributed by atoms with van der Waals surface area (Å²) < 4.78 is 29.3. The van der Waals surface area contributed by atoms with Gasteiger partial charge in [-0.1, -0.05) is 31.4 Å². The van der Waals surface area contributed by atoms with Gasteiger partial charge in [0, 0.05) is 0 Å². The summed E-state index contributed by atoms with van der Waals surface area (Å²) in [5.74, 6) is 0. The van der Waals surface area contributed by atoms with Crippen LogP contribution in [-0.2, 0) is 14.3 Å². The van der Waals surface area contributed by atoms with Crippen LogP contribution in [0.4, 0.5) is 5.69 Å². The molecule has 1 saturated carbocycles. The Bertz CT molecular complexity index is 478. The molecular formula is C12H17NO3S. The summed E-state index contributed by atoms with van der Waals surface area (Å²) in [6.45, 7) is 0. The average Bonchev–Trinajstić information content (AvgIpc) is 2.30. The summed E-state index contributed by atoms with van der Waals surface area (Å²) in [6.07, 6.45) is 4.66.